The molecule has 0 N–H and O–H groups in total. The molecule has 92 valence electrons. The SMILES string of the molecule is C#CCN1C(=O)C(C)=CC1Oc1ccc(Br)cc1. The van der Waals surface area contributed by atoms with E-state index in [-0.39, 0.29) is 12.5 Å². The minimum Gasteiger partial charge on any atom is -0.467 e. The largest absolute Gasteiger partial charge is 0.467 e. The van der Waals surface area contributed by atoms with Crippen LogP contribution in [0.5, 0.6) is 5.75 Å². The Morgan fingerprint density at radius 1 is 1.44 bits per heavy atom. The Labute approximate surface area is 115 Å². The predicted molar refractivity (Wildman–Crippen MR) is 72.9 cm³/mol. The molecule has 0 spiro atoms. The van der Waals surface area contributed by atoms with Crippen LogP contribution in [0.3, 0.4) is 0 Å². The Hall–Kier alpha value is -1.73. The molecule has 1 amide bonds. The fraction of sp³-hybridized carbons (Fsp3) is 0.214. The quantitative estimate of drug-likeness (QED) is 0.803. The number of carbonyl (C=O) groups is 1. The maximum absolute atomic E-state index is 11.8. The monoisotopic (exact) mass is 305 g/mol. The van der Waals surface area contributed by atoms with Crippen LogP contribution in [0.4, 0.5) is 0 Å². The number of ether oxygens (including phenoxy) is 1. The molecule has 1 unspecified atom stereocenters. The minimum absolute atomic E-state index is 0.0740. The average Bonchev–Trinajstić information content (AvgIpc) is 2.61. The standard InChI is InChI=1S/C14H12BrNO2/c1-3-8-16-13(9-10(2)14(16)17)18-12-6-4-11(15)5-7-12/h1,4-7,9,13H,8H2,2H3. The molecule has 1 aromatic carbocycles. The lowest BCUT2D eigenvalue weighted by molar-refractivity contribution is -0.129. The van der Waals surface area contributed by atoms with Crippen LogP contribution in [0.1, 0.15) is 6.92 Å². The summed E-state index contributed by atoms with van der Waals surface area (Å²) in [7, 11) is 0. The van der Waals surface area contributed by atoms with Gasteiger partial charge in [-0.15, -0.1) is 6.42 Å². The second-order valence-electron chi connectivity index (χ2n) is 3.95. The van der Waals surface area contributed by atoms with Crippen molar-refractivity contribution in [3.8, 4) is 18.1 Å². The third kappa shape index (κ3) is 2.57. The van der Waals surface area contributed by atoms with Gasteiger partial charge in [0.25, 0.3) is 5.91 Å². The lowest BCUT2D eigenvalue weighted by Gasteiger charge is -2.23. The van der Waals surface area contributed by atoms with Crippen molar-refractivity contribution < 1.29 is 9.53 Å². The van der Waals surface area contributed by atoms with Crippen LogP contribution >= 0.6 is 15.9 Å². The highest BCUT2D eigenvalue weighted by Gasteiger charge is 2.30. The van der Waals surface area contributed by atoms with E-state index >= 15 is 0 Å². The van der Waals surface area contributed by atoms with Gasteiger partial charge < -0.3 is 4.74 Å². The Morgan fingerprint density at radius 3 is 2.72 bits per heavy atom. The zero-order valence-corrected chi connectivity index (χ0v) is 11.5. The lowest BCUT2D eigenvalue weighted by Crippen LogP contribution is -2.38. The molecule has 3 nitrogen and oxygen atoms in total. The molecule has 0 aromatic heterocycles. The molecular weight excluding hydrogens is 294 g/mol. The Bertz CT molecular complexity index is 528. The second kappa shape index (κ2) is 5.28. The molecule has 1 aliphatic heterocycles. The molecule has 1 heterocycles. The van der Waals surface area contributed by atoms with E-state index < -0.39 is 6.23 Å². The van der Waals surface area contributed by atoms with Gasteiger partial charge in [0.2, 0.25) is 0 Å². The van der Waals surface area contributed by atoms with Crippen LogP contribution in [-0.4, -0.2) is 23.6 Å². The predicted octanol–water partition coefficient (Wildman–Crippen LogP) is 2.58. The zero-order chi connectivity index (χ0) is 13.1. The van der Waals surface area contributed by atoms with Crippen LogP contribution in [0, 0.1) is 12.3 Å². The van der Waals surface area contributed by atoms with Gasteiger partial charge in [-0.05, 0) is 37.3 Å². The van der Waals surface area contributed by atoms with E-state index in [1.54, 1.807) is 13.0 Å². The van der Waals surface area contributed by atoms with Crippen molar-refractivity contribution in [2.45, 2.75) is 13.2 Å². The fourth-order valence-electron chi connectivity index (χ4n) is 1.73. The van der Waals surface area contributed by atoms with Gasteiger partial charge in [0.15, 0.2) is 6.23 Å². The van der Waals surface area contributed by atoms with Gasteiger partial charge in [-0.3, -0.25) is 9.69 Å². The van der Waals surface area contributed by atoms with Crippen molar-refractivity contribution in [3.05, 3.63) is 40.4 Å². The van der Waals surface area contributed by atoms with Gasteiger partial charge in [-0.2, -0.15) is 0 Å². The van der Waals surface area contributed by atoms with Crippen LogP contribution < -0.4 is 4.74 Å². The van der Waals surface area contributed by atoms with Gasteiger partial charge in [0, 0.05) is 10.0 Å². The van der Waals surface area contributed by atoms with Crippen molar-refractivity contribution in [2.75, 3.05) is 6.54 Å². The second-order valence-corrected chi connectivity index (χ2v) is 4.86. The summed E-state index contributed by atoms with van der Waals surface area (Å²) in [4.78, 5) is 13.3. The maximum Gasteiger partial charge on any atom is 0.253 e. The number of benzene rings is 1. The van der Waals surface area contributed by atoms with Gasteiger partial charge in [0.1, 0.15) is 5.75 Å². The van der Waals surface area contributed by atoms with E-state index in [2.05, 4.69) is 21.9 Å². The Morgan fingerprint density at radius 2 is 2.11 bits per heavy atom. The summed E-state index contributed by atoms with van der Waals surface area (Å²) >= 11 is 3.36. The third-order valence-electron chi connectivity index (χ3n) is 2.63. The highest BCUT2D eigenvalue weighted by molar-refractivity contribution is 9.10. The summed E-state index contributed by atoms with van der Waals surface area (Å²) in [6.45, 7) is 2.00. The summed E-state index contributed by atoms with van der Waals surface area (Å²) in [5, 5.41) is 0. The number of carbonyl (C=O) groups excluding carboxylic acids is 1. The number of rotatable bonds is 3. The normalized spacial score (nSPS) is 18.5. The van der Waals surface area contributed by atoms with Crippen LogP contribution in [-0.2, 0) is 4.79 Å². The molecule has 1 aliphatic rings. The molecule has 1 aromatic rings. The number of amides is 1. The first kappa shape index (κ1) is 12.7. The number of halogens is 1. The van der Waals surface area contributed by atoms with E-state index in [9.17, 15) is 4.79 Å². The average molecular weight is 306 g/mol. The fourth-order valence-corrected chi connectivity index (χ4v) is 1.99. The molecule has 2 rings (SSSR count). The molecular formula is C14H12BrNO2. The first-order valence-electron chi connectivity index (χ1n) is 5.47. The van der Waals surface area contributed by atoms with Crippen molar-refractivity contribution in [2.24, 2.45) is 0 Å². The van der Waals surface area contributed by atoms with Crippen LogP contribution in [0.25, 0.3) is 0 Å². The molecule has 0 bridgehead atoms. The molecule has 0 aliphatic carbocycles. The van der Waals surface area contributed by atoms with Gasteiger partial charge in [-0.25, -0.2) is 0 Å². The van der Waals surface area contributed by atoms with E-state index in [1.165, 1.54) is 4.90 Å². The van der Waals surface area contributed by atoms with E-state index in [0.29, 0.717) is 11.3 Å². The molecule has 0 saturated carbocycles. The summed E-state index contributed by atoms with van der Waals surface area (Å²) in [6.07, 6.45) is 6.62. The molecule has 1 atom stereocenters. The van der Waals surface area contributed by atoms with E-state index in [4.69, 9.17) is 11.2 Å². The minimum atomic E-state index is -0.422. The number of terminal acetylenes is 1. The number of nitrogens with zero attached hydrogens (tertiary/aromatic N) is 1. The summed E-state index contributed by atoms with van der Waals surface area (Å²) in [5.74, 6) is 3.09. The summed E-state index contributed by atoms with van der Waals surface area (Å²) in [5.41, 5.74) is 0.660. The van der Waals surface area contributed by atoms with Gasteiger partial charge in [0.05, 0.1) is 6.54 Å². The summed E-state index contributed by atoms with van der Waals surface area (Å²) < 4.78 is 6.73. The van der Waals surface area contributed by atoms with Gasteiger partial charge >= 0.3 is 0 Å². The lowest BCUT2D eigenvalue weighted by atomic mass is 10.3. The van der Waals surface area contributed by atoms with Crippen molar-refractivity contribution >= 4 is 21.8 Å². The molecule has 0 radical (unpaired) electrons. The Kier molecular flexibility index (Phi) is 3.73. The first-order chi connectivity index (χ1) is 8.61. The molecule has 18 heavy (non-hydrogen) atoms. The van der Waals surface area contributed by atoms with Crippen molar-refractivity contribution in [3.63, 3.8) is 0 Å². The summed E-state index contributed by atoms with van der Waals surface area (Å²) in [6, 6.07) is 7.44. The molecule has 4 heteroatoms. The van der Waals surface area contributed by atoms with E-state index in [0.717, 1.165) is 4.47 Å². The number of hydrogen-bond acceptors (Lipinski definition) is 2. The van der Waals surface area contributed by atoms with Crippen LogP contribution in [0.2, 0.25) is 0 Å². The maximum atomic E-state index is 11.8. The molecule has 0 saturated heterocycles. The Balaban J connectivity index is 2.15. The van der Waals surface area contributed by atoms with Crippen LogP contribution in [0.15, 0.2) is 40.4 Å². The third-order valence-corrected chi connectivity index (χ3v) is 3.16. The highest BCUT2D eigenvalue weighted by atomic mass is 79.9. The smallest absolute Gasteiger partial charge is 0.253 e. The zero-order valence-electron chi connectivity index (χ0n) is 9.89. The van der Waals surface area contributed by atoms with Gasteiger partial charge in [-0.1, -0.05) is 21.9 Å². The molecule has 0 fully saturated rings. The van der Waals surface area contributed by atoms with Crippen molar-refractivity contribution in [1.29, 1.82) is 0 Å². The highest BCUT2D eigenvalue weighted by Crippen LogP contribution is 2.23. The first-order valence-corrected chi connectivity index (χ1v) is 6.26. The van der Waals surface area contributed by atoms with E-state index in [1.807, 2.05) is 24.3 Å². The topological polar surface area (TPSA) is 29.5 Å². The van der Waals surface area contributed by atoms with Crippen molar-refractivity contribution in [1.82, 2.24) is 4.90 Å². The number of hydrogen-bond donors (Lipinski definition) is 0.